The maximum absolute atomic E-state index is 11.0. The fourth-order valence-electron chi connectivity index (χ4n) is 0.880. The molecule has 0 spiro atoms. The Hall–Kier alpha value is -1.15. The Morgan fingerprint density at radius 2 is 2.00 bits per heavy atom. The molecule has 62 valence electrons. The molecule has 0 unspecified atom stereocenters. The van der Waals surface area contributed by atoms with Gasteiger partial charge in [0.15, 0.2) is 0 Å². The van der Waals surface area contributed by atoms with Gasteiger partial charge < -0.3 is 0 Å². The second-order valence-electron chi connectivity index (χ2n) is 2.25. The lowest BCUT2D eigenvalue weighted by molar-refractivity contribution is -0.135. The van der Waals surface area contributed by atoms with Crippen LogP contribution in [0.25, 0.3) is 0 Å². The van der Waals surface area contributed by atoms with E-state index < -0.39 is 0 Å². The zero-order chi connectivity index (χ0) is 9.14. The van der Waals surface area contributed by atoms with Gasteiger partial charge in [0.2, 0.25) is 11.8 Å². The van der Waals surface area contributed by atoms with Crippen LogP contribution in [0.1, 0.15) is 12.8 Å². The molecule has 1 aliphatic rings. The minimum Gasteiger partial charge on any atom is -0.274 e. The van der Waals surface area contributed by atoms with Gasteiger partial charge in [0, 0.05) is 19.0 Å². The van der Waals surface area contributed by atoms with Crippen LogP contribution < -0.4 is 0 Å². The van der Waals surface area contributed by atoms with Gasteiger partial charge in [0.25, 0.3) is 0 Å². The molecule has 0 aliphatic carbocycles. The van der Waals surface area contributed by atoms with E-state index in [9.17, 15) is 9.59 Å². The van der Waals surface area contributed by atoms with Gasteiger partial charge in [-0.2, -0.15) is 5.26 Å². The Bertz CT molecular complexity index is 287. The zero-order valence-electron chi connectivity index (χ0n) is 6.08. The molecule has 0 radical (unpaired) electrons. The largest absolute Gasteiger partial charge is 0.274 e. The number of imide groups is 1. The van der Waals surface area contributed by atoms with E-state index >= 15 is 0 Å². The van der Waals surface area contributed by atoms with Crippen molar-refractivity contribution < 1.29 is 9.59 Å². The molecule has 0 bridgehead atoms. The Labute approximate surface area is 77.6 Å². The maximum atomic E-state index is 11.0. The first-order valence-electron chi connectivity index (χ1n) is 3.27. The molecular weight excluding hydrogens is 224 g/mol. The van der Waals surface area contributed by atoms with Crippen molar-refractivity contribution in [2.75, 3.05) is 0 Å². The molecule has 0 aromatic carbocycles. The SMILES string of the molecule is N#C/C(Br)=C/N1C(=O)CCC1=O. The van der Waals surface area contributed by atoms with Crippen LogP contribution in [0.2, 0.25) is 0 Å². The number of allylic oxidation sites excluding steroid dienone is 1. The number of carbonyl (C=O) groups excluding carboxylic acids is 2. The number of carbonyl (C=O) groups is 2. The van der Waals surface area contributed by atoms with E-state index in [0.29, 0.717) is 0 Å². The van der Waals surface area contributed by atoms with Gasteiger partial charge >= 0.3 is 0 Å². The summed E-state index contributed by atoms with van der Waals surface area (Å²) in [6, 6.07) is 1.76. The Balaban J connectivity index is 2.83. The monoisotopic (exact) mass is 228 g/mol. The second-order valence-corrected chi connectivity index (χ2v) is 3.10. The summed E-state index contributed by atoms with van der Waals surface area (Å²) < 4.78 is 0.172. The number of hydrogen-bond acceptors (Lipinski definition) is 3. The van der Waals surface area contributed by atoms with Gasteiger partial charge in [-0.25, -0.2) is 0 Å². The fourth-order valence-corrected chi connectivity index (χ4v) is 1.08. The van der Waals surface area contributed by atoms with Gasteiger partial charge in [0.1, 0.15) is 10.6 Å². The van der Waals surface area contributed by atoms with Crippen molar-refractivity contribution in [2.24, 2.45) is 0 Å². The van der Waals surface area contributed by atoms with E-state index in [1.54, 1.807) is 6.07 Å². The van der Waals surface area contributed by atoms with Gasteiger partial charge in [-0.3, -0.25) is 14.5 Å². The molecule has 2 amide bonds. The van der Waals surface area contributed by atoms with Crippen LogP contribution in [0.5, 0.6) is 0 Å². The molecule has 0 saturated carbocycles. The molecule has 1 saturated heterocycles. The molecule has 12 heavy (non-hydrogen) atoms. The number of halogens is 1. The van der Waals surface area contributed by atoms with Crippen LogP contribution in [-0.4, -0.2) is 16.7 Å². The van der Waals surface area contributed by atoms with Crippen LogP contribution >= 0.6 is 15.9 Å². The van der Waals surface area contributed by atoms with Gasteiger partial charge in [-0.15, -0.1) is 0 Å². The third-order valence-corrected chi connectivity index (χ3v) is 1.82. The third kappa shape index (κ3) is 1.71. The molecule has 4 nitrogen and oxygen atoms in total. The van der Waals surface area contributed by atoms with Crippen molar-refractivity contribution in [1.29, 1.82) is 5.26 Å². The van der Waals surface area contributed by atoms with E-state index in [0.717, 1.165) is 4.90 Å². The molecule has 5 heteroatoms. The van der Waals surface area contributed by atoms with Crippen molar-refractivity contribution in [3.05, 3.63) is 10.7 Å². The first kappa shape index (κ1) is 8.94. The lowest BCUT2D eigenvalue weighted by Crippen LogP contribution is -2.22. The lowest BCUT2D eigenvalue weighted by Gasteiger charge is -2.05. The normalized spacial score (nSPS) is 18.3. The third-order valence-electron chi connectivity index (χ3n) is 1.44. The van der Waals surface area contributed by atoms with Crippen LogP contribution in [0.4, 0.5) is 0 Å². The van der Waals surface area contributed by atoms with Gasteiger partial charge in [-0.1, -0.05) is 0 Å². The molecule has 1 fully saturated rings. The van der Waals surface area contributed by atoms with Crippen LogP contribution in [-0.2, 0) is 9.59 Å². The van der Waals surface area contributed by atoms with E-state index in [1.807, 2.05) is 0 Å². The highest BCUT2D eigenvalue weighted by Gasteiger charge is 2.27. The second kappa shape index (κ2) is 3.50. The first-order valence-corrected chi connectivity index (χ1v) is 4.07. The molecular formula is C7H5BrN2O2. The predicted octanol–water partition coefficient (Wildman–Crippen LogP) is 0.895. The standard InChI is InChI=1S/C7H5BrN2O2/c8-5(3-9)4-10-6(11)1-2-7(10)12/h4H,1-2H2/b5-4-. The number of likely N-dealkylation sites (tertiary alicyclic amines) is 1. The first-order chi connectivity index (χ1) is 5.65. The average Bonchev–Trinajstić information content (AvgIpc) is 2.35. The average molecular weight is 229 g/mol. The zero-order valence-corrected chi connectivity index (χ0v) is 7.67. The molecule has 1 heterocycles. The molecule has 0 atom stereocenters. The van der Waals surface area contributed by atoms with Crippen molar-refractivity contribution in [3.63, 3.8) is 0 Å². The summed E-state index contributed by atoms with van der Waals surface area (Å²) in [6.45, 7) is 0. The van der Waals surface area contributed by atoms with E-state index in [4.69, 9.17) is 5.26 Å². The van der Waals surface area contributed by atoms with E-state index in [2.05, 4.69) is 15.9 Å². The molecule has 1 rings (SSSR count). The summed E-state index contributed by atoms with van der Waals surface area (Å²) in [7, 11) is 0. The number of nitriles is 1. The molecule has 0 N–H and O–H groups in total. The van der Waals surface area contributed by atoms with Crippen LogP contribution in [0.15, 0.2) is 10.7 Å². The summed E-state index contributed by atoms with van der Waals surface area (Å²) in [5.74, 6) is -0.514. The highest BCUT2D eigenvalue weighted by atomic mass is 79.9. The lowest BCUT2D eigenvalue weighted by atomic mass is 10.4. The van der Waals surface area contributed by atoms with Gasteiger partial charge in [0.05, 0.1) is 0 Å². The molecule has 0 aromatic heterocycles. The fraction of sp³-hybridized carbons (Fsp3) is 0.286. The Morgan fingerprint density at radius 3 is 2.42 bits per heavy atom. The predicted molar refractivity (Wildman–Crippen MR) is 43.7 cm³/mol. The number of amides is 2. The quantitative estimate of drug-likeness (QED) is 0.495. The topological polar surface area (TPSA) is 61.2 Å². The van der Waals surface area contributed by atoms with Gasteiger partial charge in [-0.05, 0) is 15.9 Å². The van der Waals surface area contributed by atoms with E-state index in [1.165, 1.54) is 6.20 Å². The molecule has 1 aliphatic heterocycles. The summed E-state index contributed by atoms with van der Waals surface area (Å²) in [5, 5.41) is 8.35. The van der Waals surface area contributed by atoms with Crippen LogP contribution in [0.3, 0.4) is 0 Å². The van der Waals surface area contributed by atoms with E-state index in [-0.39, 0.29) is 29.1 Å². The summed E-state index contributed by atoms with van der Waals surface area (Å²) in [5.41, 5.74) is 0. The number of nitrogens with zero attached hydrogens (tertiary/aromatic N) is 2. The minimum absolute atomic E-state index is 0.172. The minimum atomic E-state index is -0.257. The summed E-state index contributed by atoms with van der Waals surface area (Å²) in [4.78, 5) is 22.9. The van der Waals surface area contributed by atoms with Crippen molar-refractivity contribution in [3.8, 4) is 6.07 Å². The number of rotatable bonds is 1. The van der Waals surface area contributed by atoms with Crippen molar-refractivity contribution >= 4 is 27.7 Å². The smallest absolute Gasteiger partial charge is 0.233 e. The summed E-state index contributed by atoms with van der Waals surface area (Å²) in [6.07, 6.45) is 1.68. The Kier molecular flexibility index (Phi) is 2.61. The maximum Gasteiger partial charge on any atom is 0.233 e. The van der Waals surface area contributed by atoms with Crippen molar-refractivity contribution in [2.45, 2.75) is 12.8 Å². The highest BCUT2D eigenvalue weighted by Crippen LogP contribution is 2.15. The van der Waals surface area contributed by atoms with Crippen LogP contribution in [0, 0.1) is 11.3 Å². The molecule has 0 aromatic rings. The Morgan fingerprint density at radius 1 is 1.50 bits per heavy atom. The highest BCUT2D eigenvalue weighted by molar-refractivity contribution is 9.12. The van der Waals surface area contributed by atoms with Crippen molar-refractivity contribution in [1.82, 2.24) is 4.90 Å². The summed E-state index contributed by atoms with van der Waals surface area (Å²) >= 11 is 2.90. The number of hydrogen-bond donors (Lipinski definition) is 0.